The van der Waals surface area contributed by atoms with Crippen LogP contribution in [0.1, 0.15) is 51.6 Å². The van der Waals surface area contributed by atoms with Gasteiger partial charge in [-0.15, -0.1) is 0 Å². The van der Waals surface area contributed by atoms with Crippen LogP contribution in [0.3, 0.4) is 0 Å². The smallest absolute Gasteiger partial charge is 0.346 e. The molecule has 1 saturated carbocycles. The van der Waals surface area contributed by atoms with Gasteiger partial charge in [-0.1, -0.05) is 24.3 Å². The molecule has 2 aromatic carbocycles. The fourth-order valence-electron chi connectivity index (χ4n) is 5.22. The summed E-state index contributed by atoms with van der Waals surface area (Å²) in [5.74, 6) is -1.31. The van der Waals surface area contributed by atoms with Crippen molar-refractivity contribution < 1.29 is 23.5 Å². The topological polar surface area (TPSA) is 176 Å². The van der Waals surface area contributed by atoms with E-state index in [1.54, 1.807) is 40.9 Å². The molecule has 3 amide bonds. The van der Waals surface area contributed by atoms with Gasteiger partial charge >= 0.3 is 6.03 Å². The molecular formula is C28H30FN9O4. The number of anilines is 1. The molecule has 5 N–H and O–H groups in total. The van der Waals surface area contributed by atoms with Gasteiger partial charge in [0.05, 0.1) is 18.7 Å². The molecule has 2 heterocycles. The van der Waals surface area contributed by atoms with Crippen LogP contribution in [0, 0.1) is 5.82 Å². The van der Waals surface area contributed by atoms with E-state index in [1.807, 2.05) is 0 Å². The Labute approximate surface area is 240 Å². The highest BCUT2D eigenvalue weighted by atomic mass is 19.1. The SMILES string of the molecule is COc1ccc(F)cc1C(=O)NCc1ccc(-c2nn(C3CCC(N(C)C(=O)n4cncn4)C3)c(N)c2C(N)=O)cc1. The maximum absolute atomic E-state index is 13.7. The maximum atomic E-state index is 13.7. The molecule has 1 fully saturated rings. The molecule has 0 aliphatic heterocycles. The summed E-state index contributed by atoms with van der Waals surface area (Å²) in [6.45, 7) is 0.169. The number of methoxy groups -OCH3 is 1. The molecule has 42 heavy (non-hydrogen) atoms. The van der Waals surface area contributed by atoms with Crippen LogP contribution in [-0.2, 0) is 6.54 Å². The van der Waals surface area contributed by atoms with Crippen molar-refractivity contribution in [3.05, 3.63) is 77.6 Å². The van der Waals surface area contributed by atoms with Gasteiger partial charge in [-0.2, -0.15) is 14.9 Å². The summed E-state index contributed by atoms with van der Waals surface area (Å²) in [5, 5.41) is 11.3. The Morgan fingerprint density at radius 1 is 1.17 bits per heavy atom. The summed E-state index contributed by atoms with van der Waals surface area (Å²) in [4.78, 5) is 43.2. The molecule has 2 unspecified atom stereocenters. The predicted octanol–water partition coefficient (Wildman–Crippen LogP) is 2.59. The summed E-state index contributed by atoms with van der Waals surface area (Å²) in [5.41, 5.74) is 14.0. The van der Waals surface area contributed by atoms with Crippen LogP contribution >= 0.6 is 0 Å². The molecule has 0 bridgehead atoms. The van der Waals surface area contributed by atoms with Gasteiger partial charge in [0, 0.05) is 25.2 Å². The fraction of sp³-hybridized carbons (Fsp3) is 0.286. The molecule has 5 rings (SSSR count). The zero-order valence-corrected chi connectivity index (χ0v) is 23.0. The number of nitrogen functional groups attached to an aromatic ring is 1. The number of benzene rings is 2. The second-order valence-corrected chi connectivity index (χ2v) is 10.00. The highest BCUT2D eigenvalue weighted by Gasteiger charge is 2.34. The number of carbonyl (C=O) groups is 3. The van der Waals surface area contributed by atoms with E-state index < -0.39 is 17.6 Å². The summed E-state index contributed by atoms with van der Waals surface area (Å²) in [6, 6.07) is 10.2. The lowest BCUT2D eigenvalue weighted by Gasteiger charge is -2.24. The standard InChI is InChI=1S/C28H30FN9O4/c1-36(28(41)37-15-32-14-34-37)19-8-9-20(12-19)38-25(30)23(26(31)39)24(35-38)17-5-3-16(4-6-17)13-33-27(40)21-11-18(29)7-10-22(21)42-2/h3-7,10-11,14-15,19-20H,8-9,12-13,30H2,1-2H3,(H2,31,39)(H,33,40). The van der Waals surface area contributed by atoms with Crippen LogP contribution in [0.5, 0.6) is 5.75 Å². The molecule has 0 saturated heterocycles. The number of rotatable bonds is 8. The minimum absolute atomic E-state index is 0.0855. The molecule has 2 aromatic heterocycles. The molecule has 2 atom stereocenters. The second-order valence-electron chi connectivity index (χ2n) is 10.00. The molecule has 1 aliphatic carbocycles. The third-order valence-corrected chi connectivity index (χ3v) is 7.47. The van der Waals surface area contributed by atoms with Gasteiger partial charge in [0.1, 0.15) is 41.3 Å². The van der Waals surface area contributed by atoms with E-state index in [0.717, 1.165) is 11.6 Å². The van der Waals surface area contributed by atoms with Crippen molar-refractivity contribution in [2.75, 3.05) is 19.9 Å². The van der Waals surface area contributed by atoms with Gasteiger partial charge in [-0.3, -0.25) is 9.59 Å². The lowest BCUT2D eigenvalue weighted by atomic mass is 10.0. The molecule has 13 nitrogen and oxygen atoms in total. The number of carbonyl (C=O) groups excluding carboxylic acids is 3. The van der Waals surface area contributed by atoms with E-state index in [1.165, 1.54) is 36.6 Å². The number of halogens is 1. The zero-order valence-electron chi connectivity index (χ0n) is 23.0. The monoisotopic (exact) mass is 575 g/mol. The van der Waals surface area contributed by atoms with Crippen molar-refractivity contribution >= 4 is 23.7 Å². The highest BCUT2D eigenvalue weighted by molar-refractivity contribution is 6.03. The maximum Gasteiger partial charge on any atom is 0.346 e. The first-order valence-corrected chi connectivity index (χ1v) is 13.2. The van der Waals surface area contributed by atoms with E-state index in [-0.39, 0.29) is 47.4 Å². The minimum Gasteiger partial charge on any atom is -0.496 e. The second kappa shape index (κ2) is 11.7. The number of nitrogens with one attached hydrogen (secondary N) is 1. The number of nitrogens with two attached hydrogens (primary N) is 2. The van der Waals surface area contributed by atoms with Gasteiger partial charge in [-0.25, -0.2) is 18.9 Å². The Bertz CT molecular complexity index is 1620. The summed E-state index contributed by atoms with van der Waals surface area (Å²) >= 11 is 0. The Kier molecular flexibility index (Phi) is 7.86. The van der Waals surface area contributed by atoms with Crippen molar-refractivity contribution in [3.8, 4) is 17.0 Å². The number of primary amides is 1. The quantitative estimate of drug-likeness (QED) is 0.287. The minimum atomic E-state index is -0.706. The van der Waals surface area contributed by atoms with Crippen LogP contribution in [0.2, 0.25) is 0 Å². The molecule has 1 aliphatic rings. The third-order valence-electron chi connectivity index (χ3n) is 7.47. The van der Waals surface area contributed by atoms with Crippen LogP contribution in [0.15, 0.2) is 55.1 Å². The van der Waals surface area contributed by atoms with E-state index in [2.05, 4.69) is 20.5 Å². The Morgan fingerprint density at radius 2 is 1.93 bits per heavy atom. The number of aromatic nitrogens is 5. The largest absolute Gasteiger partial charge is 0.496 e. The van der Waals surface area contributed by atoms with Crippen LogP contribution in [-0.4, -0.2) is 67.5 Å². The summed E-state index contributed by atoms with van der Waals surface area (Å²) < 4.78 is 21.6. The first kappa shape index (κ1) is 28.3. The molecule has 4 aromatic rings. The van der Waals surface area contributed by atoms with Crippen molar-refractivity contribution in [2.45, 2.75) is 37.9 Å². The van der Waals surface area contributed by atoms with E-state index in [4.69, 9.17) is 16.2 Å². The van der Waals surface area contributed by atoms with Gasteiger partial charge < -0.3 is 26.4 Å². The first-order chi connectivity index (χ1) is 20.2. The van der Waals surface area contributed by atoms with E-state index >= 15 is 0 Å². The van der Waals surface area contributed by atoms with Crippen LogP contribution < -0.4 is 21.5 Å². The van der Waals surface area contributed by atoms with E-state index in [9.17, 15) is 18.8 Å². The van der Waals surface area contributed by atoms with Crippen LogP contribution in [0.4, 0.5) is 15.0 Å². The third kappa shape index (κ3) is 5.50. The number of nitrogens with zero attached hydrogens (tertiary/aromatic N) is 6. The number of hydrogen-bond donors (Lipinski definition) is 3. The molecule has 0 spiro atoms. The lowest BCUT2D eigenvalue weighted by molar-refractivity contribution is 0.0946. The predicted molar refractivity (Wildman–Crippen MR) is 150 cm³/mol. The first-order valence-electron chi connectivity index (χ1n) is 13.2. The van der Waals surface area contributed by atoms with E-state index in [0.29, 0.717) is 30.5 Å². The lowest BCUT2D eigenvalue weighted by Crippen LogP contribution is -2.38. The normalized spacial score (nSPS) is 16.3. The molecular weight excluding hydrogens is 545 g/mol. The molecule has 218 valence electrons. The summed E-state index contributed by atoms with van der Waals surface area (Å²) in [7, 11) is 3.12. The Balaban J connectivity index is 1.30. The molecule has 0 radical (unpaired) electrons. The van der Waals surface area contributed by atoms with Gasteiger partial charge in [0.25, 0.3) is 11.8 Å². The van der Waals surface area contributed by atoms with Crippen molar-refractivity contribution in [3.63, 3.8) is 0 Å². The highest BCUT2D eigenvalue weighted by Crippen LogP contribution is 2.37. The number of hydrogen-bond acceptors (Lipinski definition) is 8. The Morgan fingerprint density at radius 3 is 2.60 bits per heavy atom. The van der Waals surface area contributed by atoms with Crippen molar-refractivity contribution in [1.82, 2.24) is 34.8 Å². The summed E-state index contributed by atoms with van der Waals surface area (Å²) in [6.07, 6.45) is 4.63. The number of amides is 3. The van der Waals surface area contributed by atoms with Gasteiger partial charge in [0.15, 0.2) is 0 Å². The zero-order chi connectivity index (χ0) is 30.0. The fourth-order valence-corrected chi connectivity index (χ4v) is 5.22. The van der Waals surface area contributed by atoms with Crippen molar-refractivity contribution in [2.24, 2.45) is 5.73 Å². The van der Waals surface area contributed by atoms with Crippen LogP contribution in [0.25, 0.3) is 11.3 Å². The van der Waals surface area contributed by atoms with Gasteiger partial charge in [-0.05, 0) is 43.0 Å². The van der Waals surface area contributed by atoms with Crippen molar-refractivity contribution in [1.29, 1.82) is 0 Å². The van der Waals surface area contributed by atoms with Gasteiger partial charge in [0.2, 0.25) is 0 Å². The Hall–Kier alpha value is -5.27. The average Bonchev–Trinajstić information content (AvgIpc) is 3.76. The number of ether oxygens (including phenoxy) is 1. The average molecular weight is 576 g/mol. The molecule has 14 heteroatoms.